The molecule has 1 aliphatic heterocycles. The van der Waals surface area contributed by atoms with Gasteiger partial charge in [0.1, 0.15) is 0 Å². The molecule has 2 aromatic carbocycles. The summed E-state index contributed by atoms with van der Waals surface area (Å²) in [6.45, 7) is 2.28. The van der Waals surface area contributed by atoms with Gasteiger partial charge in [-0.05, 0) is 29.7 Å². The lowest BCUT2D eigenvalue weighted by atomic mass is 9.95. The fraction of sp³-hybridized carbons (Fsp3) is 0.348. The summed E-state index contributed by atoms with van der Waals surface area (Å²) >= 11 is 0. The van der Waals surface area contributed by atoms with E-state index in [2.05, 4.69) is 10.4 Å². The van der Waals surface area contributed by atoms with Crippen LogP contribution in [0.4, 0.5) is 5.69 Å². The number of likely N-dealkylation sites (tertiary alicyclic amines) is 1. The van der Waals surface area contributed by atoms with Crippen molar-refractivity contribution in [1.29, 1.82) is 0 Å². The maximum absolute atomic E-state index is 13.2. The van der Waals surface area contributed by atoms with E-state index in [0.29, 0.717) is 37.5 Å². The number of ether oxygens (including phenoxy) is 1. The van der Waals surface area contributed by atoms with Gasteiger partial charge in [-0.2, -0.15) is 5.10 Å². The summed E-state index contributed by atoms with van der Waals surface area (Å²) in [6.07, 6.45) is 5.00. The van der Waals surface area contributed by atoms with Gasteiger partial charge >= 0.3 is 0 Å². The van der Waals surface area contributed by atoms with Crippen LogP contribution in [0, 0.1) is 5.92 Å². The summed E-state index contributed by atoms with van der Waals surface area (Å²) in [5, 5.41) is 9.14. The molecule has 1 atom stereocenters. The van der Waals surface area contributed by atoms with Crippen molar-refractivity contribution in [2.24, 2.45) is 5.92 Å². The van der Waals surface area contributed by atoms with Gasteiger partial charge in [0, 0.05) is 32.0 Å². The number of piperidine rings is 1. The van der Waals surface area contributed by atoms with E-state index in [1.165, 1.54) is 0 Å². The van der Waals surface area contributed by atoms with Gasteiger partial charge < -0.3 is 15.0 Å². The van der Waals surface area contributed by atoms with Crippen LogP contribution in [0.2, 0.25) is 0 Å². The second kappa shape index (κ2) is 9.09. The van der Waals surface area contributed by atoms with Crippen LogP contribution in [0.5, 0.6) is 0 Å². The van der Waals surface area contributed by atoms with Crippen molar-refractivity contribution in [2.75, 3.05) is 32.1 Å². The fourth-order valence-electron chi connectivity index (χ4n) is 3.94. The molecule has 4 rings (SSSR count). The molecule has 0 saturated carbocycles. The second-order valence-electron chi connectivity index (χ2n) is 7.59. The lowest BCUT2D eigenvalue weighted by molar-refractivity contribution is -0.121. The van der Waals surface area contributed by atoms with Gasteiger partial charge in [-0.3, -0.25) is 14.3 Å². The Kier molecular flexibility index (Phi) is 6.09. The topological polar surface area (TPSA) is 76.5 Å². The number of nitrogens with zero attached hydrogens (tertiary/aromatic N) is 3. The molecule has 1 aromatic heterocycles. The molecule has 1 fully saturated rings. The van der Waals surface area contributed by atoms with Crippen LogP contribution in [0.15, 0.2) is 54.9 Å². The number of fused-ring (bicyclic) bond motifs is 1. The summed E-state index contributed by atoms with van der Waals surface area (Å²) < 4.78 is 6.78. The van der Waals surface area contributed by atoms with Crippen molar-refractivity contribution < 1.29 is 14.3 Å². The molecule has 2 heterocycles. The zero-order chi connectivity index (χ0) is 20.9. The third-order valence-electron chi connectivity index (χ3n) is 5.52. The Morgan fingerprint density at radius 3 is 2.90 bits per heavy atom. The van der Waals surface area contributed by atoms with Crippen molar-refractivity contribution in [3.05, 3.63) is 60.4 Å². The number of nitrogens with one attached hydrogen (secondary N) is 1. The maximum atomic E-state index is 13.2. The van der Waals surface area contributed by atoms with Gasteiger partial charge in [-0.25, -0.2) is 0 Å². The number of hydrogen-bond donors (Lipinski definition) is 1. The standard InChI is InChI=1S/C23H26N4O3/c1-30-13-12-27-16-19(14-24-27)25-22(28)18-8-5-11-26(15-18)23(29)21-10-4-7-17-6-2-3-9-20(17)21/h2-4,6-7,9-10,14,16,18H,5,8,11-13,15H2,1H3,(H,25,28). The summed E-state index contributed by atoms with van der Waals surface area (Å²) in [7, 11) is 1.64. The summed E-state index contributed by atoms with van der Waals surface area (Å²) in [4.78, 5) is 27.8. The van der Waals surface area contributed by atoms with E-state index in [0.717, 1.165) is 23.6 Å². The predicted octanol–water partition coefficient (Wildman–Crippen LogP) is 3.17. The second-order valence-corrected chi connectivity index (χ2v) is 7.59. The molecule has 0 spiro atoms. The Labute approximate surface area is 175 Å². The van der Waals surface area contributed by atoms with Crippen LogP contribution in [-0.4, -0.2) is 53.3 Å². The summed E-state index contributed by atoms with van der Waals surface area (Å²) in [6, 6.07) is 13.7. The Morgan fingerprint density at radius 1 is 1.20 bits per heavy atom. The highest BCUT2D eigenvalue weighted by Gasteiger charge is 2.29. The van der Waals surface area contributed by atoms with Crippen LogP contribution < -0.4 is 5.32 Å². The quantitative estimate of drug-likeness (QED) is 0.682. The van der Waals surface area contributed by atoms with Crippen molar-refractivity contribution in [1.82, 2.24) is 14.7 Å². The number of rotatable bonds is 6. The van der Waals surface area contributed by atoms with E-state index >= 15 is 0 Å². The van der Waals surface area contributed by atoms with Gasteiger partial charge in [-0.15, -0.1) is 0 Å². The summed E-state index contributed by atoms with van der Waals surface area (Å²) in [5.41, 5.74) is 1.35. The average Bonchev–Trinajstić information content (AvgIpc) is 3.24. The lowest BCUT2D eigenvalue weighted by Gasteiger charge is -2.32. The number of benzene rings is 2. The van der Waals surface area contributed by atoms with E-state index < -0.39 is 0 Å². The lowest BCUT2D eigenvalue weighted by Crippen LogP contribution is -2.43. The highest BCUT2D eigenvalue weighted by Crippen LogP contribution is 2.24. The van der Waals surface area contributed by atoms with Crippen LogP contribution in [0.25, 0.3) is 10.8 Å². The molecule has 1 N–H and O–H groups in total. The first-order valence-electron chi connectivity index (χ1n) is 10.2. The van der Waals surface area contributed by atoms with Crippen molar-refractivity contribution in [2.45, 2.75) is 19.4 Å². The molecule has 7 nitrogen and oxygen atoms in total. The molecule has 1 aliphatic rings. The molecule has 7 heteroatoms. The minimum atomic E-state index is -0.236. The van der Waals surface area contributed by atoms with Crippen LogP contribution in [-0.2, 0) is 16.1 Å². The Hall–Kier alpha value is -3.19. The minimum Gasteiger partial charge on any atom is -0.383 e. The number of carbonyl (C=O) groups excluding carboxylic acids is 2. The first kappa shape index (κ1) is 20.1. The molecule has 0 aliphatic carbocycles. The first-order valence-corrected chi connectivity index (χ1v) is 10.2. The molecule has 2 amide bonds. The van der Waals surface area contributed by atoms with Crippen LogP contribution >= 0.6 is 0 Å². The average molecular weight is 406 g/mol. The minimum absolute atomic E-state index is 0.0170. The van der Waals surface area contributed by atoms with Gasteiger partial charge in [0.25, 0.3) is 5.91 Å². The number of amides is 2. The van der Waals surface area contributed by atoms with E-state index in [9.17, 15) is 9.59 Å². The fourth-order valence-corrected chi connectivity index (χ4v) is 3.94. The van der Waals surface area contributed by atoms with Crippen molar-refractivity contribution in [3.63, 3.8) is 0 Å². The van der Waals surface area contributed by atoms with Gasteiger partial charge in [-0.1, -0.05) is 36.4 Å². The van der Waals surface area contributed by atoms with Crippen molar-refractivity contribution in [3.8, 4) is 0 Å². The number of hydrogen-bond acceptors (Lipinski definition) is 4. The normalized spacial score (nSPS) is 16.6. The highest BCUT2D eigenvalue weighted by molar-refractivity contribution is 6.07. The van der Waals surface area contributed by atoms with Crippen LogP contribution in [0.3, 0.4) is 0 Å². The monoisotopic (exact) mass is 406 g/mol. The molecule has 0 radical (unpaired) electrons. The number of carbonyl (C=O) groups is 2. The van der Waals surface area contributed by atoms with Gasteiger partial charge in [0.15, 0.2) is 0 Å². The van der Waals surface area contributed by atoms with E-state index in [1.54, 1.807) is 29.1 Å². The van der Waals surface area contributed by atoms with Crippen molar-refractivity contribution >= 4 is 28.3 Å². The molecule has 1 unspecified atom stereocenters. The number of aromatic nitrogens is 2. The Morgan fingerprint density at radius 2 is 2.03 bits per heavy atom. The maximum Gasteiger partial charge on any atom is 0.254 e. The number of anilines is 1. The molecule has 1 saturated heterocycles. The molecular formula is C23H26N4O3. The Bertz CT molecular complexity index is 1040. The summed E-state index contributed by atoms with van der Waals surface area (Å²) in [5.74, 6) is -0.326. The van der Waals surface area contributed by atoms with E-state index in [4.69, 9.17) is 4.74 Å². The molecule has 0 bridgehead atoms. The third kappa shape index (κ3) is 4.36. The highest BCUT2D eigenvalue weighted by atomic mass is 16.5. The Balaban J connectivity index is 1.43. The van der Waals surface area contributed by atoms with Gasteiger partial charge in [0.2, 0.25) is 5.91 Å². The SMILES string of the molecule is COCCn1cc(NC(=O)C2CCCN(C(=O)c3cccc4ccccc34)C2)cn1. The van der Waals surface area contributed by atoms with Gasteiger partial charge in [0.05, 0.1) is 31.0 Å². The van der Waals surface area contributed by atoms with E-state index in [-0.39, 0.29) is 17.7 Å². The predicted molar refractivity (Wildman–Crippen MR) is 115 cm³/mol. The molecule has 3 aromatic rings. The van der Waals surface area contributed by atoms with Crippen LogP contribution in [0.1, 0.15) is 23.2 Å². The van der Waals surface area contributed by atoms with E-state index in [1.807, 2.05) is 42.5 Å². The molecular weight excluding hydrogens is 380 g/mol. The smallest absolute Gasteiger partial charge is 0.254 e. The zero-order valence-corrected chi connectivity index (χ0v) is 17.1. The number of methoxy groups -OCH3 is 1. The molecule has 156 valence electrons. The zero-order valence-electron chi connectivity index (χ0n) is 17.1. The molecule has 30 heavy (non-hydrogen) atoms. The largest absolute Gasteiger partial charge is 0.383 e. The third-order valence-corrected chi connectivity index (χ3v) is 5.52. The first-order chi connectivity index (χ1) is 14.7.